The minimum atomic E-state index is -3.02. The Kier molecular flexibility index (Phi) is 2.10. The van der Waals surface area contributed by atoms with E-state index in [9.17, 15) is 13.6 Å². The van der Waals surface area contributed by atoms with Gasteiger partial charge in [-0.2, -0.15) is 0 Å². The van der Waals surface area contributed by atoms with Gasteiger partial charge >= 0.3 is 5.97 Å². The molecular weight excluding hydrogens is 166 g/mol. The second kappa shape index (κ2) is 2.68. The second-order valence-electron chi connectivity index (χ2n) is 3.30. The average molecular weight is 178 g/mol. The molecule has 1 aliphatic rings. The first-order valence-electron chi connectivity index (χ1n) is 4.07. The quantitative estimate of drug-likeness (QED) is 0.704. The molecule has 1 fully saturated rings. The van der Waals surface area contributed by atoms with Crippen LogP contribution in [0.5, 0.6) is 0 Å². The van der Waals surface area contributed by atoms with Gasteiger partial charge in [-0.3, -0.25) is 4.79 Å². The Morgan fingerprint density at radius 1 is 1.50 bits per heavy atom. The number of rotatable bonds is 2. The minimum Gasteiger partial charge on any atom is -0.481 e. The van der Waals surface area contributed by atoms with Crippen LogP contribution in [-0.4, -0.2) is 17.0 Å². The van der Waals surface area contributed by atoms with E-state index in [0.717, 1.165) is 0 Å². The summed E-state index contributed by atoms with van der Waals surface area (Å²) in [5, 5.41) is 8.72. The fourth-order valence-corrected chi connectivity index (χ4v) is 1.88. The summed E-state index contributed by atoms with van der Waals surface area (Å²) in [6, 6.07) is 0. The fourth-order valence-electron chi connectivity index (χ4n) is 1.88. The van der Waals surface area contributed by atoms with E-state index in [1.165, 1.54) is 6.92 Å². The van der Waals surface area contributed by atoms with Crippen LogP contribution >= 0.6 is 0 Å². The van der Waals surface area contributed by atoms with Crippen molar-refractivity contribution in [3.05, 3.63) is 0 Å². The van der Waals surface area contributed by atoms with Gasteiger partial charge in [0.2, 0.25) is 0 Å². The lowest BCUT2D eigenvalue weighted by Crippen LogP contribution is -2.42. The number of halogens is 2. The standard InChI is InChI=1S/C8H12F2O2/c1-2-7(6(11)12)4-3-5-8(7,9)10/h2-5H2,1H3,(H,11,12). The molecule has 1 saturated carbocycles. The smallest absolute Gasteiger partial charge is 0.315 e. The van der Waals surface area contributed by atoms with E-state index in [1.807, 2.05) is 0 Å². The van der Waals surface area contributed by atoms with Crippen molar-refractivity contribution >= 4 is 5.97 Å². The highest BCUT2D eigenvalue weighted by molar-refractivity contribution is 5.76. The lowest BCUT2D eigenvalue weighted by Gasteiger charge is -2.29. The number of alkyl halides is 2. The van der Waals surface area contributed by atoms with Crippen molar-refractivity contribution in [3.63, 3.8) is 0 Å². The maximum Gasteiger partial charge on any atom is 0.315 e. The molecule has 0 spiro atoms. The summed E-state index contributed by atoms with van der Waals surface area (Å²) < 4.78 is 26.3. The third kappa shape index (κ3) is 1.01. The largest absolute Gasteiger partial charge is 0.481 e. The van der Waals surface area contributed by atoms with E-state index in [0.29, 0.717) is 6.42 Å². The summed E-state index contributed by atoms with van der Waals surface area (Å²) in [5.41, 5.74) is -1.78. The Morgan fingerprint density at radius 2 is 2.08 bits per heavy atom. The third-order valence-electron chi connectivity index (χ3n) is 2.81. The molecule has 1 unspecified atom stereocenters. The Balaban J connectivity index is 3.00. The highest BCUT2D eigenvalue weighted by Gasteiger charge is 2.60. The number of carboxylic acids is 1. The van der Waals surface area contributed by atoms with Gasteiger partial charge in [-0.05, 0) is 19.3 Å². The third-order valence-corrected chi connectivity index (χ3v) is 2.81. The summed E-state index contributed by atoms with van der Waals surface area (Å²) >= 11 is 0. The molecule has 1 atom stereocenters. The van der Waals surface area contributed by atoms with Gasteiger partial charge in [0, 0.05) is 6.42 Å². The number of aliphatic carboxylic acids is 1. The zero-order valence-corrected chi connectivity index (χ0v) is 6.94. The first-order chi connectivity index (χ1) is 5.46. The van der Waals surface area contributed by atoms with Crippen LogP contribution < -0.4 is 0 Å². The Morgan fingerprint density at radius 3 is 2.25 bits per heavy atom. The van der Waals surface area contributed by atoms with Crippen LogP contribution in [-0.2, 0) is 4.79 Å². The van der Waals surface area contributed by atoms with Crippen molar-refractivity contribution in [2.75, 3.05) is 0 Å². The van der Waals surface area contributed by atoms with E-state index in [1.54, 1.807) is 0 Å². The summed E-state index contributed by atoms with van der Waals surface area (Å²) in [6.07, 6.45) is 0.140. The summed E-state index contributed by atoms with van der Waals surface area (Å²) in [4.78, 5) is 10.7. The highest BCUT2D eigenvalue weighted by atomic mass is 19.3. The molecule has 0 radical (unpaired) electrons. The van der Waals surface area contributed by atoms with Gasteiger partial charge in [0.15, 0.2) is 0 Å². The van der Waals surface area contributed by atoms with Crippen molar-refractivity contribution in [2.45, 2.75) is 38.5 Å². The maximum atomic E-state index is 13.1. The second-order valence-corrected chi connectivity index (χ2v) is 3.30. The van der Waals surface area contributed by atoms with Crippen molar-refractivity contribution in [2.24, 2.45) is 5.41 Å². The lowest BCUT2D eigenvalue weighted by molar-refractivity contribution is -0.172. The Hall–Kier alpha value is -0.670. The van der Waals surface area contributed by atoms with Crippen molar-refractivity contribution < 1.29 is 18.7 Å². The zero-order valence-electron chi connectivity index (χ0n) is 6.94. The average Bonchev–Trinajstić information content (AvgIpc) is 2.25. The van der Waals surface area contributed by atoms with Gasteiger partial charge in [0.1, 0.15) is 5.41 Å². The number of carbonyl (C=O) groups is 1. The molecule has 1 rings (SSSR count). The molecule has 1 aliphatic carbocycles. The van der Waals surface area contributed by atoms with Crippen molar-refractivity contribution in [1.82, 2.24) is 0 Å². The predicted octanol–water partition coefficient (Wildman–Crippen LogP) is 2.29. The molecule has 12 heavy (non-hydrogen) atoms. The van der Waals surface area contributed by atoms with E-state index < -0.39 is 17.3 Å². The van der Waals surface area contributed by atoms with Crippen LogP contribution in [0.4, 0.5) is 8.78 Å². The lowest BCUT2D eigenvalue weighted by atomic mass is 9.81. The van der Waals surface area contributed by atoms with Gasteiger partial charge in [-0.15, -0.1) is 0 Å². The molecule has 2 nitrogen and oxygen atoms in total. The molecule has 0 amide bonds. The molecular formula is C8H12F2O2. The summed E-state index contributed by atoms with van der Waals surface area (Å²) in [6.45, 7) is 1.51. The predicted molar refractivity (Wildman–Crippen MR) is 39.2 cm³/mol. The number of hydrogen-bond acceptors (Lipinski definition) is 1. The molecule has 4 heteroatoms. The van der Waals surface area contributed by atoms with Crippen LogP contribution in [0.25, 0.3) is 0 Å². The molecule has 0 saturated heterocycles. The topological polar surface area (TPSA) is 37.3 Å². The molecule has 0 aromatic heterocycles. The van der Waals surface area contributed by atoms with E-state index in [2.05, 4.69) is 0 Å². The highest BCUT2D eigenvalue weighted by Crippen LogP contribution is 2.52. The van der Waals surface area contributed by atoms with Crippen LogP contribution in [0.2, 0.25) is 0 Å². The van der Waals surface area contributed by atoms with Gasteiger partial charge in [0.05, 0.1) is 0 Å². The summed E-state index contributed by atoms with van der Waals surface area (Å²) in [7, 11) is 0. The number of carboxylic acid groups (broad SMARTS) is 1. The van der Waals surface area contributed by atoms with E-state index in [-0.39, 0.29) is 19.3 Å². The van der Waals surface area contributed by atoms with Gasteiger partial charge < -0.3 is 5.11 Å². The van der Waals surface area contributed by atoms with Crippen molar-refractivity contribution in [1.29, 1.82) is 0 Å². The first-order valence-corrected chi connectivity index (χ1v) is 4.07. The van der Waals surface area contributed by atoms with Crippen LogP contribution in [0.15, 0.2) is 0 Å². The van der Waals surface area contributed by atoms with E-state index in [4.69, 9.17) is 5.11 Å². The monoisotopic (exact) mass is 178 g/mol. The fraction of sp³-hybridized carbons (Fsp3) is 0.875. The SMILES string of the molecule is CCC1(C(=O)O)CCCC1(F)F. The van der Waals surface area contributed by atoms with Gasteiger partial charge in [-0.25, -0.2) is 8.78 Å². The molecule has 0 aromatic rings. The number of hydrogen-bond donors (Lipinski definition) is 1. The van der Waals surface area contributed by atoms with Crippen LogP contribution in [0.3, 0.4) is 0 Å². The van der Waals surface area contributed by atoms with Gasteiger partial charge in [0.25, 0.3) is 5.92 Å². The molecule has 70 valence electrons. The summed E-state index contributed by atoms with van der Waals surface area (Å²) in [5.74, 6) is -4.37. The molecule has 0 aromatic carbocycles. The zero-order chi connectivity index (χ0) is 9.41. The Bertz CT molecular complexity index is 203. The molecule has 0 bridgehead atoms. The molecule has 0 aliphatic heterocycles. The maximum absolute atomic E-state index is 13.1. The van der Waals surface area contributed by atoms with Crippen LogP contribution in [0, 0.1) is 5.41 Å². The van der Waals surface area contributed by atoms with E-state index >= 15 is 0 Å². The van der Waals surface area contributed by atoms with Crippen molar-refractivity contribution in [3.8, 4) is 0 Å². The Labute approximate surface area is 69.6 Å². The normalized spacial score (nSPS) is 33.6. The minimum absolute atomic E-state index is 0.00926. The van der Waals surface area contributed by atoms with Crippen LogP contribution in [0.1, 0.15) is 32.6 Å². The molecule has 1 N–H and O–H groups in total. The molecule has 0 heterocycles. The first kappa shape index (κ1) is 9.42. The van der Waals surface area contributed by atoms with Gasteiger partial charge in [-0.1, -0.05) is 6.92 Å².